The van der Waals surface area contributed by atoms with E-state index in [1.165, 1.54) is 0 Å². The molecular weight excluding hydrogens is 825 g/mol. The first-order valence-electron chi connectivity index (χ1n) is 23.3. The Kier molecular flexibility index (Phi) is 12.8. The number of fused-ring (bicyclic) bond motifs is 5. The topological polar surface area (TPSA) is 171 Å². The van der Waals surface area contributed by atoms with Crippen molar-refractivity contribution in [2.45, 2.75) is 147 Å². The molecule has 0 bridgehead atoms. The zero-order chi connectivity index (χ0) is 44.8. The summed E-state index contributed by atoms with van der Waals surface area (Å²) >= 11 is 0. The summed E-state index contributed by atoms with van der Waals surface area (Å²) in [5.74, 6) is -1.38. The summed E-state index contributed by atoms with van der Waals surface area (Å²) in [6.07, 6.45) is 10.4. The largest absolute Gasteiger partial charge is 0.492 e. The molecule has 5 heterocycles. The average Bonchev–Trinajstić information content (AvgIpc) is 4.13. The van der Waals surface area contributed by atoms with Gasteiger partial charge in [-0.1, -0.05) is 31.9 Å². The molecule has 1 N–H and O–H groups in total. The molecule has 1 spiro atoms. The Bertz CT molecular complexity index is 2250. The molecule has 8 rings (SSSR count). The van der Waals surface area contributed by atoms with Crippen LogP contribution in [0.2, 0.25) is 0 Å². The van der Waals surface area contributed by atoms with Crippen molar-refractivity contribution in [1.29, 1.82) is 0 Å². The molecule has 2 amide bonds. The maximum absolute atomic E-state index is 15.0. The summed E-state index contributed by atoms with van der Waals surface area (Å²) < 4.78 is 52.6. The number of hydrogen-bond acceptors (Lipinski definition) is 12. The number of hydrogen-bond donors (Lipinski definition) is 1. The van der Waals surface area contributed by atoms with Gasteiger partial charge in [0, 0.05) is 49.3 Å². The highest BCUT2D eigenvalue weighted by atomic mass is 32.2. The molecule has 15 heteroatoms. The number of carbonyl (C=O) groups excluding carboxylic acids is 4. The number of aryl methyl sites for hydroxylation is 2. The van der Waals surface area contributed by atoms with Gasteiger partial charge in [0.15, 0.2) is 5.78 Å². The molecule has 4 aliphatic heterocycles. The van der Waals surface area contributed by atoms with Crippen molar-refractivity contribution in [2.75, 3.05) is 46.0 Å². The van der Waals surface area contributed by atoms with E-state index in [0.29, 0.717) is 63.7 Å². The number of allylic oxidation sites excluding steroid dienone is 2. The Morgan fingerprint density at radius 3 is 2.56 bits per heavy atom. The van der Waals surface area contributed by atoms with Gasteiger partial charge in [-0.05, 0) is 110 Å². The van der Waals surface area contributed by atoms with Crippen molar-refractivity contribution in [3.8, 4) is 11.5 Å². The predicted octanol–water partition coefficient (Wildman–Crippen LogP) is 6.01. The second-order valence-corrected chi connectivity index (χ2v) is 22.4. The lowest BCUT2D eigenvalue weighted by Crippen LogP contribution is -2.48. The monoisotopic (exact) mass is 890 g/mol. The fourth-order valence-electron chi connectivity index (χ4n) is 10.1. The van der Waals surface area contributed by atoms with Crippen LogP contribution in [0.25, 0.3) is 10.9 Å². The highest BCUT2D eigenvalue weighted by molar-refractivity contribution is 7.91. The normalized spacial score (nSPS) is 29.3. The summed E-state index contributed by atoms with van der Waals surface area (Å²) in [7, 11) is -3.96. The number of Topliss-reactive ketones (excluding diaryl/α,β-unsaturated/α-hetero) is 1. The van der Waals surface area contributed by atoms with Crippen molar-refractivity contribution in [1.82, 2.24) is 19.5 Å². The minimum Gasteiger partial charge on any atom is -0.492 e. The third-order valence-electron chi connectivity index (χ3n) is 14.3. The number of nitrogens with one attached hydrogen (secondary N) is 1. The second-order valence-electron chi connectivity index (χ2n) is 20.2. The van der Waals surface area contributed by atoms with Gasteiger partial charge in [-0.2, -0.15) is 0 Å². The lowest BCUT2D eigenvalue weighted by Gasteiger charge is -2.37. The van der Waals surface area contributed by atoms with Gasteiger partial charge < -0.3 is 23.8 Å². The molecule has 2 saturated carbocycles. The van der Waals surface area contributed by atoms with Gasteiger partial charge in [0.1, 0.15) is 29.3 Å². The van der Waals surface area contributed by atoms with E-state index in [0.717, 1.165) is 80.0 Å². The molecule has 14 nitrogen and oxygen atoms in total. The number of amides is 2. The number of sulfonamides is 1. The van der Waals surface area contributed by atoms with Gasteiger partial charge in [-0.3, -0.25) is 28.8 Å². The Balaban J connectivity index is 1.10. The molecule has 0 radical (unpaired) electrons. The van der Waals surface area contributed by atoms with Gasteiger partial charge in [0.2, 0.25) is 21.8 Å². The van der Waals surface area contributed by atoms with Crippen LogP contribution in [-0.4, -0.2) is 115 Å². The highest BCUT2D eigenvalue weighted by Gasteiger charge is 2.63. The van der Waals surface area contributed by atoms with E-state index in [1.54, 1.807) is 32.6 Å². The van der Waals surface area contributed by atoms with Gasteiger partial charge in [-0.15, -0.1) is 0 Å². The van der Waals surface area contributed by atoms with Crippen molar-refractivity contribution < 1.29 is 46.5 Å². The van der Waals surface area contributed by atoms with Crippen LogP contribution in [0.3, 0.4) is 0 Å². The van der Waals surface area contributed by atoms with Gasteiger partial charge in [-0.25, -0.2) is 13.4 Å². The zero-order valence-corrected chi connectivity index (χ0v) is 38.6. The number of ether oxygens (including phenoxy) is 4. The SMILES string of the molecule is CCc1nc2ccc(OCCN3CCOCC3)cc2c2c1O[C@]1(CC2)C[C@H]2C(=O)C[C@]3(C(=O)NS(=O)(=O)C4(C)CC4)C[C@H]3/C=C\CCCCC[C@H](CC(=O)OC(C)(C)C)C(=O)N2C1. The highest BCUT2D eigenvalue weighted by Crippen LogP contribution is 2.58. The number of rotatable bonds is 10. The van der Waals surface area contributed by atoms with Gasteiger partial charge in [0.05, 0.1) is 53.6 Å². The van der Waals surface area contributed by atoms with E-state index in [4.69, 9.17) is 23.9 Å². The number of ketones is 1. The third-order valence-corrected chi connectivity index (χ3v) is 16.4. The standard InChI is InChI=1S/C48H66N4O10S/c1-6-37-42-35(36-27-34(14-15-38(36)49-37)60-25-22-51-20-23-59-24-21-51)16-17-47(62-42)29-39-40(53)30-48(44(56)50-63(57,58)46(5)18-19-46)28-33(48)13-11-9-7-8-10-12-32(43(55)52(39)31-47)26-41(54)61-45(2,3)4/h11,13-15,27,32-33,39H,6-10,12,16-26,28-31H2,1-5H3,(H,50,56)/b13-11-/t32-,33-,39+,47-,48-/m1/s1. The fourth-order valence-corrected chi connectivity index (χ4v) is 11.4. The minimum atomic E-state index is -3.96. The predicted molar refractivity (Wildman–Crippen MR) is 237 cm³/mol. The maximum atomic E-state index is 15.0. The molecule has 2 saturated heterocycles. The number of morpholine rings is 1. The number of benzene rings is 1. The molecule has 1 aromatic carbocycles. The third kappa shape index (κ3) is 9.80. The second kappa shape index (κ2) is 17.7. The Hall–Kier alpha value is -4.08. The summed E-state index contributed by atoms with van der Waals surface area (Å²) in [5.41, 5.74) is -0.298. The first-order chi connectivity index (χ1) is 29.9. The molecular formula is C48H66N4O10S. The Morgan fingerprint density at radius 2 is 1.83 bits per heavy atom. The Labute approximate surface area is 372 Å². The van der Waals surface area contributed by atoms with Gasteiger partial charge >= 0.3 is 5.97 Å². The van der Waals surface area contributed by atoms with Crippen LogP contribution in [0.1, 0.15) is 123 Å². The molecule has 2 aromatic rings. The smallest absolute Gasteiger partial charge is 0.307 e. The van der Waals surface area contributed by atoms with E-state index in [1.807, 2.05) is 37.3 Å². The average molecular weight is 891 g/mol. The van der Waals surface area contributed by atoms with E-state index < -0.39 is 55.2 Å². The first-order valence-corrected chi connectivity index (χ1v) is 24.8. The van der Waals surface area contributed by atoms with Crippen molar-refractivity contribution >= 4 is 44.5 Å². The lowest BCUT2D eigenvalue weighted by atomic mass is 9.85. The van der Waals surface area contributed by atoms with E-state index in [-0.39, 0.29) is 43.4 Å². The van der Waals surface area contributed by atoms with Crippen molar-refractivity contribution in [3.05, 3.63) is 41.6 Å². The number of pyridine rings is 1. The molecule has 0 unspecified atom stereocenters. The van der Waals surface area contributed by atoms with E-state index in [9.17, 15) is 22.8 Å². The number of nitrogens with zero attached hydrogens (tertiary/aromatic N) is 3. The fraction of sp³-hybridized carbons (Fsp3) is 0.688. The van der Waals surface area contributed by atoms with Crippen LogP contribution < -0.4 is 14.2 Å². The van der Waals surface area contributed by atoms with Crippen LogP contribution >= 0.6 is 0 Å². The summed E-state index contributed by atoms with van der Waals surface area (Å²) in [6, 6.07) is 5.01. The molecule has 4 fully saturated rings. The summed E-state index contributed by atoms with van der Waals surface area (Å²) in [6.45, 7) is 13.7. The first kappa shape index (κ1) is 45.5. The van der Waals surface area contributed by atoms with Crippen LogP contribution in [-0.2, 0) is 51.5 Å². The maximum Gasteiger partial charge on any atom is 0.307 e. The number of aromatic nitrogens is 1. The zero-order valence-electron chi connectivity index (χ0n) is 37.8. The van der Waals surface area contributed by atoms with Crippen molar-refractivity contribution in [2.24, 2.45) is 17.3 Å². The van der Waals surface area contributed by atoms with Crippen LogP contribution in [0.4, 0.5) is 0 Å². The minimum absolute atomic E-state index is 0.119. The lowest BCUT2D eigenvalue weighted by molar-refractivity contribution is -0.159. The summed E-state index contributed by atoms with van der Waals surface area (Å²) in [5, 5.41) is 0.939. The molecule has 1 aromatic heterocycles. The quantitative estimate of drug-likeness (QED) is 0.218. The van der Waals surface area contributed by atoms with E-state index in [2.05, 4.69) is 9.62 Å². The molecule has 2 aliphatic carbocycles. The molecule has 344 valence electrons. The van der Waals surface area contributed by atoms with Gasteiger partial charge in [0.25, 0.3) is 0 Å². The van der Waals surface area contributed by atoms with Crippen LogP contribution in [0.5, 0.6) is 11.5 Å². The summed E-state index contributed by atoms with van der Waals surface area (Å²) in [4.78, 5) is 66.5. The molecule has 63 heavy (non-hydrogen) atoms. The number of esters is 1. The molecule has 6 aliphatic rings. The molecule has 5 atom stereocenters. The Morgan fingerprint density at radius 1 is 1.05 bits per heavy atom. The van der Waals surface area contributed by atoms with Crippen LogP contribution in [0, 0.1) is 17.3 Å². The van der Waals surface area contributed by atoms with Crippen molar-refractivity contribution in [3.63, 3.8) is 0 Å². The van der Waals surface area contributed by atoms with Crippen LogP contribution in [0.15, 0.2) is 30.4 Å². The number of carbonyl (C=O) groups is 4. The van der Waals surface area contributed by atoms with E-state index >= 15 is 4.79 Å².